The van der Waals surface area contributed by atoms with Crippen molar-refractivity contribution in [3.8, 4) is 0 Å². The van der Waals surface area contributed by atoms with E-state index in [1.807, 2.05) is 0 Å². The lowest BCUT2D eigenvalue weighted by atomic mass is 9.99. The molecule has 2 atom stereocenters. The van der Waals surface area contributed by atoms with Gasteiger partial charge in [-0.1, -0.05) is 6.92 Å². The van der Waals surface area contributed by atoms with E-state index in [1.54, 1.807) is 0 Å². The average Bonchev–Trinajstić information content (AvgIpc) is 2.46. The molecule has 1 N–H and O–H groups in total. The quantitative estimate of drug-likeness (QED) is 0.773. The van der Waals surface area contributed by atoms with Gasteiger partial charge in [0.1, 0.15) is 0 Å². The van der Waals surface area contributed by atoms with Gasteiger partial charge in [0.2, 0.25) is 5.91 Å². The molecule has 0 spiro atoms. The molecular formula is C13H24N2O. The Morgan fingerprint density at radius 2 is 2.25 bits per heavy atom. The number of nitrogens with one attached hydrogen (secondary N) is 1. The molecular weight excluding hydrogens is 200 g/mol. The highest BCUT2D eigenvalue weighted by atomic mass is 16.2. The van der Waals surface area contributed by atoms with Crippen molar-refractivity contribution >= 4 is 5.91 Å². The molecule has 0 aromatic heterocycles. The predicted octanol–water partition coefficient (Wildman–Crippen LogP) is 1.63. The molecule has 2 fully saturated rings. The molecule has 2 saturated heterocycles. The summed E-state index contributed by atoms with van der Waals surface area (Å²) in [6, 6.07) is 0. The molecule has 2 rings (SSSR count). The Morgan fingerprint density at radius 3 is 3.00 bits per heavy atom. The normalized spacial score (nSPS) is 32.6. The second-order valence-corrected chi connectivity index (χ2v) is 5.48. The summed E-state index contributed by atoms with van der Waals surface area (Å²) in [6.07, 6.45) is 5.58. The van der Waals surface area contributed by atoms with Gasteiger partial charge in [-0.3, -0.25) is 4.79 Å². The zero-order valence-electron chi connectivity index (χ0n) is 10.4. The second-order valence-electron chi connectivity index (χ2n) is 5.48. The van der Waals surface area contributed by atoms with Crippen molar-refractivity contribution in [2.24, 2.45) is 11.8 Å². The van der Waals surface area contributed by atoms with Crippen molar-refractivity contribution in [3.05, 3.63) is 0 Å². The number of amides is 1. The van der Waals surface area contributed by atoms with Crippen LogP contribution in [0.25, 0.3) is 0 Å². The maximum Gasteiger partial charge on any atom is 0.222 e. The fourth-order valence-electron chi connectivity index (χ4n) is 2.76. The van der Waals surface area contributed by atoms with Crippen molar-refractivity contribution in [1.82, 2.24) is 10.2 Å². The van der Waals surface area contributed by atoms with Gasteiger partial charge in [0.15, 0.2) is 0 Å². The predicted molar refractivity (Wildman–Crippen MR) is 65.2 cm³/mol. The van der Waals surface area contributed by atoms with Crippen LogP contribution in [0.15, 0.2) is 0 Å². The Labute approximate surface area is 98.6 Å². The summed E-state index contributed by atoms with van der Waals surface area (Å²) in [4.78, 5) is 14.1. The third kappa shape index (κ3) is 3.21. The maximum absolute atomic E-state index is 11.9. The fraction of sp³-hybridized carbons (Fsp3) is 0.923. The van der Waals surface area contributed by atoms with Crippen LogP contribution in [0.3, 0.4) is 0 Å². The van der Waals surface area contributed by atoms with E-state index in [4.69, 9.17) is 0 Å². The van der Waals surface area contributed by atoms with Crippen LogP contribution in [0.4, 0.5) is 0 Å². The molecule has 3 nitrogen and oxygen atoms in total. The minimum Gasteiger partial charge on any atom is -0.342 e. The zero-order chi connectivity index (χ0) is 11.4. The van der Waals surface area contributed by atoms with Gasteiger partial charge in [-0.15, -0.1) is 0 Å². The van der Waals surface area contributed by atoms with Gasteiger partial charge in [-0.25, -0.2) is 0 Å². The standard InChI is InChI=1S/C13H24N2O/c1-11-4-5-13(16)15(8-6-11)10-12-3-2-7-14-9-12/h11-12,14H,2-10H2,1H3. The van der Waals surface area contributed by atoms with E-state index in [1.165, 1.54) is 19.3 Å². The maximum atomic E-state index is 11.9. The van der Waals surface area contributed by atoms with Crippen LogP contribution in [0, 0.1) is 11.8 Å². The average molecular weight is 224 g/mol. The van der Waals surface area contributed by atoms with Gasteiger partial charge in [0.05, 0.1) is 0 Å². The minimum absolute atomic E-state index is 0.384. The van der Waals surface area contributed by atoms with Gasteiger partial charge in [-0.05, 0) is 50.6 Å². The van der Waals surface area contributed by atoms with E-state index >= 15 is 0 Å². The molecule has 0 bridgehead atoms. The Kier molecular flexibility index (Phi) is 4.22. The summed E-state index contributed by atoms with van der Waals surface area (Å²) >= 11 is 0. The number of carbonyl (C=O) groups excluding carboxylic acids is 1. The first kappa shape index (κ1) is 11.9. The van der Waals surface area contributed by atoms with E-state index in [9.17, 15) is 4.79 Å². The minimum atomic E-state index is 0.384. The Hall–Kier alpha value is -0.570. The van der Waals surface area contributed by atoms with Gasteiger partial charge < -0.3 is 10.2 Å². The van der Waals surface area contributed by atoms with Gasteiger partial charge in [0.25, 0.3) is 0 Å². The summed E-state index contributed by atoms with van der Waals surface area (Å²) in [7, 11) is 0. The SMILES string of the molecule is CC1CCC(=O)N(CC2CCCNC2)CC1. The largest absolute Gasteiger partial charge is 0.342 e. The van der Waals surface area contributed by atoms with E-state index in [0.717, 1.165) is 44.9 Å². The first-order chi connectivity index (χ1) is 7.75. The first-order valence-corrected chi connectivity index (χ1v) is 6.74. The number of rotatable bonds is 2. The van der Waals surface area contributed by atoms with Crippen molar-refractivity contribution in [2.75, 3.05) is 26.2 Å². The van der Waals surface area contributed by atoms with E-state index in [0.29, 0.717) is 11.8 Å². The number of hydrogen-bond donors (Lipinski definition) is 1. The molecule has 0 aliphatic carbocycles. The fourth-order valence-corrected chi connectivity index (χ4v) is 2.76. The lowest BCUT2D eigenvalue weighted by Gasteiger charge is -2.29. The first-order valence-electron chi connectivity index (χ1n) is 6.74. The highest BCUT2D eigenvalue weighted by Crippen LogP contribution is 2.20. The van der Waals surface area contributed by atoms with Crippen molar-refractivity contribution in [2.45, 2.75) is 39.0 Å². The Bertz CT molecular complexity index is 236. The number of hydrogen-bond acceptors (Lipinski definition) is 2. The van der Waals surface area contributed by atoms with Crippen LogP contribution < -0.4 is 5.32 Å². The summed E-state index contributed by atoms with van der Waals surface area (Å²) in [5.74, 6) is 1.79. The van der Waals surface area contributed by atoms with Crippen LogP contribution in [0.2, 0.25) is 0 Å². The molecule has 0 saturated carbocycles. The molecule has 2 unspecified atom stereocenters. The van der Waals surface area contributed by atoms with Crippen LogP contribution >= 0.6 is 0 Å². The lowest BCUT2D eigenvalue weighted by Crippen LogP contribution is -2.40. The zero-order valence-corrected chi connectivity index (χ0v) is 10.4. The number of piperidine rings is 1. The van der Waals surface area contributed by atoms with Gasteiger partial charge in [-0.2, -0.15) is 0 Å². The van der Waals surface area contributed by atoms with Crippen molar-refractivity contribution in [3.63, 3.8) is 0 Å². The van der Waals surface area contributed by atoms with Crippen molar-refractivity contribution < 1.29 is 4.79 Å². The molecule has 3 heteroatoms. The summed E-state index contributed by atoms with van der Waals surface area (Å²) in [6.45, 7) is 6.48. The molecule has 0 aromatic rings. The Balaban J connectivity index is 1.84. The molecule has 2 heterocycles. The van der Waals surface area contributed by atoms with E-state index < -0.39 is 0 Å². The van der Waals surface area contributed by atoms with Gasteiger partial charge >= 0.3 is 0 Å². The molecule has 2 aliphatic heterocycles. The third-order valence-corrected chi connectivity index (χ3v) is 3.97. The third-order valence-electron chi connectivity index (χ3n) is 3.97. The van der Waals surface area contributed by atoms with E-state index in [-0.39, 0.29) is 0 Å². The monoisotopic (exact) mass is 224 g/mol. The van der Waals surface area contributed by atoms with Crippen molar-refractivity contribution in [1.29, 1.82) is 0 Å². The number of carbonyl (C=O) groups is 1. The van der Waals surface area contributed by atoms with Gasteiger partial charge in [0, 0.05) is 19.5 Å². The molecule has 16 heavy (non-hydrogen) atoms. The van der Waals surface area contributed by atoms with Crippen LogP contribution in [0.1, 0.15) is 39.0 Å². The van der Waals surface area contributed by atoms with Crippen LogP contribution in [-0.4, -0.2) is 37.0 Å². The molecule has 0 aromatic carbocycles. The second kappa shape index (κ2) is 5.67. The number of nitrogens with zero attached hydrogens (tertiary/aromatic N) is 1. The molecule has 1 amide bonds. The lowest BCUT2D eigenvalue weighted by molar-refractivity contribution is -0.131. The van der Waals surface area contributed by atoms with Crippen LogP contribution in [0.5, 0.6) is 0 Å². The molecule has 2 aliphatic rings. The smallest absolute Gasteiger partial charge is 0.222 e. The molecule has 92 valence electrons. The topological polar surface area (TPSA) is 32.3 Å². The summed E-state index contributed by atoms with van der Waals surface area (Å²) in [5.41, 5.74) is 0. The molecule has 0 radical (unpaired) electrons. The van der Waals surface area contributed by atoms with E-state index in [2.05, 4.69) is 17.1 Å². The Morgan fingerprint density at radius 1 is 1.38 bits per heavy atom. The highest BCUT2D eigenvalue weighted by molar-refractivity contribution is 5.76. The summed E-state index contributed by atoms with van der Waals surface area (Å²) in [5, 5.41) is 3.43. The highest BCUT2D eigenvalue weighted by Gasteiger charge is 2.23. The summed E-state index contributed by atoms with van der Waals surface area (Å²) < 4.78 is 0. The van der Waals surface area contributed by atoms with Crippen LogP contribution in [-0.2, 0) is 4.79 Å². The number of likely N-dealkylation sites (tertiary alicyclic amines) is 1.